The molecule has 0 saturated heterocycles. The van der Waals surface area contributed by atoms with Crippen LogP contribution < -0.4 is 16.8 Å². The van der Waals surface area contributed by atoms with E-state index < -0.39 is 0 Å². The molecule has 0 saturated carbocycles. The lowest BCUT2D eigenvalue weighted by Gasteiger charge is -2.11. The van der Waals surface area contributed by atoms with Crippen molar-refractivity contribution in [2.75, 3.05) is 24.1 Å². The summed E-state index contributed by atoms with van der Waals surface area (Å²) in [6.07, 6.45) is 2.62. The molecule has 100 valence electrons. The van der Waals surface area contributed by atoms with Crippen LogP contribution in [0.1, 0.15) is 12.0 Å². The average molecular weight is 257 g/mol. The Labute approximate surface area is 113 Å². The third kappa shape index (κ3) is 3.42. The largest absolute Gasteiger partial charge is 0.382 e. The number of nitrogens with zero attached hydrogens (tertiary/aromatic N) is 2. The predicted octanol–water partition coefficient (Wildman–Crippen LogP) is 1.79. The lowest BCUT2D eigenvalue weighted by atomic mass is 10.1. The van der Waals surface area contributed by atoms with E-state index in [1.165, 1.54) is 5.56 Å². The molecular formula is C14H19N5. The van der Waals surface area contributed by atoms with Crippen LogP contribution in [0.4, 0.5) is 11.6 Å². The molecule has 0 bridgehead atoms. The summed E-state index contributed by atoms with van der Waals surface area (Å²) in [5, 5.41) is 3.29. The molecule has 19 heavy (non-hydrogen) atoms. The second kappa shape index (κ2) is 6.15. The first-order valence-corrected chi connectivity index (χ1v) is 6.34. The number of hydrogen-bond donors (Lipinski definition) is 3. The fraction of sp³-hybridized carbons (Fsp3) is 0.286. The molecule has 1 aromatic heterocycles. The molecule has 2 rings (SSSR count). The van der Waals surface area contributed by atoms with Crippen LogP contribution in [0.25, 0.3) is 11.3 Å². The average Bonchev–Trinajstić information content (AvgIpc) is 2.41. The molecule has 0 radical (unpaired) electrons. The van der Waals surface area contributed by atoms with Crippen molar-refractivity contribution in [3.05, 3.63) is 36.0 Å². The number of rotatable bonds is 5. The van der Waals surface area contributed by atoms with Gasteiger partial charge in [-0.15, -0.1) is 0 Å². The van der Waals surface area contributed by atoms with Gasteiger partial charge in [-0.2, -0.15) is 0 Å². The number of aromatic nitrogens is 2. The van der Waals surface area contributed by atoms with Crippen LogP contribution in [0, 0.1) is 6.92 Å². The van der Waals surface area contributed by atoms with Crippen molar-refractivity contribution in [1.29, 1.82) is 0 Å². The lowest BCUT2D eigenvalue weighted by molar-refractivity contribution is 0.873. The quantitative estimate of drug-likeness (QED) is 0.710. The van der Waals surface area contributed by atoms with Crippen LogP contribution >= 0.6 is 0 Å². The fourth-order valence-corrected chi connectivity index (χ4v) is 1.78. The van der Waals surface area contributed by atoms with Crippen LogP contribution in [0.2, 0.25) is 0 Å². The van der Waals surface area contributed by atoms with Gasteiger partial charge in [0, 0.05) is 12.1 Å². The molecule has 5 nitrogen and oxygen atoms in total. The number of nitrogens with one attached hydrogen (secondary N) is 1. The Kier molecular flexibility index (Phi) is 4.30. The van der Waals surface area contributed by atoms with Gasteiger partial charge in [0.1, 0.15) is 0 Å². The second-order valence-corrected chi connectivity index (χ2v) is 4.43. The van der Waals surface area contributed by atoms with E-state index in [-0.39, 0.29) is 5.95 Å². The number of aryl methyl sites for hydroxylation is 1. The molecule has 1 heterocycles. The van der Waals surface area contributed by atoms with E-state index in [2.05, 4.69) is 34.3 Å². The molecule has 0 aliphatic carbocycles. The Hall–Kier alpha value is -2.14. The van der Waals surface area contributed by atoms with Gasteiger partial charge in [0.15, 0.2) is 0 Å². The summed E-state index contributed by atoms with van der Waals surface area (Å²) >= 11 is 0. The highest BCUT2D eigenvalue weighted by Crippen LogP contribution is 2.26. The van der Waals surface area contributed by atoms with E-state index in [1.54, 1.807) is 6.20 Å². The van der Waals surface area contributed by atoms with Crippen molar-refractivity contribution in [2.24, 2.45) is 5.73 Å². The highest BCUT2D eigenvalue weighted by molar-refractivity contribution is 5.74. The van der Waals surface area contributed by atoms with Gasteiger partial charge in [-0.25, -0.2) is 9.97 Å². The smallest absolute Gasteiger partial charge is 0.220 e. The summed E-state index contributed by atoms with van der Waals surface area (Å²) in [5.41, 5.74) is 15.1. The molecule has 0 amide bonds. The zero-order valence-corrected chi connectivity index (χ0v) is 11.1. The lowest BCUT2D eigenvalue weighted by Crippen LogP contribution is -2.10. The SMILES string of the molecule is Cc1ccc(-c2nc(N)ncc2NCCCN)cc1. The minimum Gasteiger partial charge on any atom is -0.382 e. The summed E-state index contributed by atoms with van der Waals surface area (Å²) in [6, 6.07) is 8.17. The van der Waals surface area contributed by atoms with E-state index in [0.29, 0.717) is 6.54 Å². The highest BCUT2D eigenvalue weighted by atomic mass is 15.0. The van der Waals surface area contributed by atoms with Gasteiger partial charge in [0.25, 0.3) is 0 Å². The summed E-state index contributed by atoms with van der Waals surface area (Å²) in [4.78, 5) is 8.36. The third-order valence-corrected chi connectivity index (χ3v) is 2.83. The minimum atomic E-state index is 0.278. The monoisotopic (exact) mass is 257 g/mol. The van der Waals surface area contributed by atoms with Gasteiger partial charge in [0.2, 0.25) is 5.95 Å². The maximum Gasteiger partial charge on any atom is 0.220 e. The second-order valence-electron chi connectivity index (χ2n) is 4.43. The fourth-order valence-electron chi connectivity index (χ4n) is 1.78. The molecule has 1 aromatic carbocycles. The Balaban J connectivity index is 2.31. The Morgan fingerprint density at radius 2 is 1.95 bits per heavy atom. The number of hydrogen-bond acceptors (Lipinski definition) is 5. The van der Waals surface area contributed by atoms with Crippen LogP contribution in [-0.2, 0) is 0 Å². The van der Waals surface area contributed by atoms with E-state index in [4.69, 9.17) is 11.5 Å². The van der Waals surface area contributed by atoms with Gasteiger partial charge in [-0.1, -0.05) is 29.8 Å². The molecule has 5 heteroatoms. The van der Waals surface area contributed by atoms with Gasteiger partial charge < -0.3 is 16.8 Å². The van der Waals surface area contributed by atoms with Gasteiger partial charge in [0.05, 0.1) is 17.6 Å². The van der Waals surface area contributed by atoms with Crippen LogP contribution in [0.5, 0.6) is 0 Å². The van der Waals surface area contributed by atoms with Crippen molar-refractivity contribution in [2.45, 2.75) is 13.3 Å². The van der Waals surface area contributed by atoms with Crippen molar-refractivity contribution >= 4 is 11.6 Å². The van der Waals surface area contributed by atoms with E-state index in [9.17, 15) is 0 Å². The first-order chi connectivity index (χ1) is 9.20. The molecule has 0 fully saturated rings. The summed E-state index contributed by atoms with van der Waals surface area (Å²) < 4.78 is 0. The number of nitrogens with two attached hydrogens (primary N) is 2. The molecule has 0 atom stereocenters. The van der Waals surface area contributed by atoms with Gasteiger partial charge in [-0.05, 0) is 19.9 Å². The van der Waals surface area contributed by atoms with Gasteiger partial charge in [-0.3, -0.25) is 0 Å². The zero-order chi connectivity index (χ0) is 13.7. The molecule has 0 aliphatic heterocycles. The Bertz CT molecular complexity index is 536. The Morgan fingerprint density at radius 3 is 2.63 bits per heavy atom. The third-order valence-electron chi connectivity index (χ3n) is 2.83. The Morgan fingerprint density at radius 1 is 1.21 bits per heavy atom. The van der Waals surface area contributed by atoms with Crippen LogP contribution in [0.3, 0.4) is 0 Å². The van der Waals surface area contributed by atoms with E-state index in [0.717, 1.165) is 29.9 Å². The van der Waals surface area contributed by atoms with Crippen molar-refractivity contribution in [1.82, 2.24) is 9.97 Å². The maximum absolute atomic E-state index is 5.68. The summed E-state index contributed by atoms with van der Waals surface area (Å²) in [6.45, 7) is 3.50. The summed E-state index contributed by atoms with van der Waals surface area (Å²) in [5.74, 6) is 0.278. The minimum absolute atomic E-state index is 0.278. The molecule has 0 unspecified atom stereocenters. The molecule has 0 aliphatic rings. The summed E-state index contributed by atoms with van der Waals surface area (Å²) in [7, 11) is 0. The van der Waals surface area contributed by atoms with E-state index >= 15 is 0 Å². The first kappa shape index (κ1) is 13.3. The number of benzene rings is 1. The molecule has 0 spiro atoms. The van der Waals surface area contributed by atoms with Crippen molar-refractivity contribution in [3.63, 3.8) is 0 Å². The first-order valence-electron chi connectivity index (χ1n) is 6.34. The predicted molar refractivity (Wildman–Crippen MR) is 78.8 cm³/mol. The van der Waals surface area contributed by atoms with Crippen LogP contribution in [0.15, 0.2) is 30.5 Å². The number of nitrogen functional groups attached to an aromatic ring is 1. The van der Waals surface area contributed by atoms with Crippen LogP contribution in [-0.4, -0.2) is 23.1 Å². The van der Waals surface area contributed by atoms with E-state index in [1.807, 2.05) is 12.1 Å². The van der Waals surface area contributed by atoms with Gasteiger partial charge >= 0.3 is 0 Å². The van der Waals surface area contributed by atoms with Crippen molar-refractivity contribution in [3.8, 4) is 11.3 Å². The number of anilines is 2. The molecule has 2 aromatic rings. The topological polar surface area (TPSA) is 89.8 Å². The molecule has 5 N–H and O–H groups in total. The normalized spacial score (nSPS) is 10.4. The highest BCUT2D eigenvalue weighted by Gasteiger charge is 2.08. The maximum atomic E-state index is 5.68. The van der Waals surface area contributed by atoms with Crippen molar-refractivity contribution < 1.29 is 0 Å². The standard InChI is InChI=1S/C14H19N5/c1-10-3-5-11(6-4-10)13-12(17-8-2-7-15)9-18-14(16)19-13/h3-6,9,17H,2,7-8,15H2,1H3,(H2,16,18,19). The zero-order valence-electron chi connectivity index (χ0n) is 11.1. The molecular weight excluding hydrogens is 238 g/mol.